The van der Waals surface area contributed by atoms with Crippen LogP contribution in [0.2, 0.25) is 5.60 Å². The van der Waals surface area contributed by atoms with Crippen LogP contribution < -0.4 is 10.6 Å². The van der Waals surface area contributed by atoms with E-state index in [2.05, 4.69) is 60.7 Å². The molecule has 0 radical (unpaired) electrons. The van der Waals surface area contributed by atoms with Crippen molar-refractivity contribution in [3.63, 3.8) is 0 Å². The summed E-state index contributed by atoms with van der Waals surface area (Å²) < 4.78 is 0. The Labute approximate surface area is 103 Å². The van der Waals surface area contributed by atoms with Crippen LogP contribution in [-0.4, -0.2) is 17.7 Å². The molecule has 0 aliphatic heterocycles. The molecule has 0 bridgehead atoms. The van der Waals surface area contributed by atoms with Crippen LogP contribution in [0.4, 0.5) is 0 Å². The van der Waals surface area contributed by atoms with Gasteiger partial charge in [-0.05, 0) is 10.6 Å². The Hall–Kier alpha value is -0.533. The van der Waals surface area contributed by atoms with Crippen molar-refractivity contribution in [2.24, 2.45) is 0 Å². The zero-order valence-corrected chi connectivity index (χ0v) is 10.3. The Morgan fingerprint density at radius 3 is 1.33 bits per heavy atom. The molecule has 0 saturated carbocycles. The molecule has 2 rings (SSSR count). The Bertz CT molecular complexity index is 321. The minimum Gasteiger partial charge on any atom is -0.0622 e. The quantitative estimate of drug-likeness (QED) is 0.525. The van der Waals surface area contributed by atoms with Crippen LogP contribution in [0.15, 0.2) is 60.7 Å². The summed E-state index contributed by atoms with van der Waals surface area (Å²) in [5, 5.41) is 2.79. The molecule has 0 N–H and O–H groups in total. The first-order valence-corrected chi connectivity index (χ1v) is 6.32. The van der Waals surface area contributed by atoms with Gasteiger partial charge in [0.1, 0.15) is 0 Å². The molecule has 0 atom stereocenters. The van der Waals surface area contributed by atoms with E-state index in [1.807, 2.05) is 23.3 Å². The molecule has 0 saturated heterocycles. The van der Waals surface area contributed by atoms with Crippen molar-refractivity contribution in [2.45, 2.75) is 5.60 Å². The van der Waals surface area contributed by atoms with Gasteiger partial charge in [-0.15, -0.1) is 0 Å². The summed E-state index contributed by atoms with van der Waals surface area (Å²) in [6, 6.07) is 21.2. The molecule has 0 spiro atoms. The van der Waals surface area contributed by atoms with Crippen molar-refractivity contribution in [3.05, 3.63) is 60.7 Å². The largest absolute Gasteiger partial charge is 0.0622 e. The molecule has 0 aliphatic carbocycles. The smallest absolute Gasteiger partial charge is 0.0226 e. The first-order chi connectivity index (χ1) is 7.45. The third-order valence-electron chi connectivity index (χ3n) is 1.84. The first kappa shape index (κ1) is 12.5. The maximum Gasteiger partial charge on any atom is -0.0226 e. The van der Waals surface area contributed by atoms with Crippen molar-refractivity contribution in [3.8, 4) is 0 Å². The Balaban J connectivity index is 0.000000531. The SMILES string of the molecule is [Li][CH3].c1ccc(Pc2ccccc2)cc1. The van der Waals surface area contributed by atoms with Gasteiger partial charge in [0.05, 0.1) is 0 Å². The maximum atomic E-state index is 2.17. The van der Waals surface area contributed by atoms with E-state index in [1.54, 1.807) is 0 Å². The van der Waals surface area contributed by atoms with E-state index >= 15 is 0 Å². The van der Waals surface area contributed by atoms with Gasteiger partial charge in [-0.25, -0.2) is 0 Å². The van der Waals surface area contributed by atoms with Gasteiger partial charge in [0.15, 0.2) is 0 Å². The molecule has 0 unspecified atom stereocenters. The van der Waals surface area contributed by atoms with E-state index in [-0.39, 0.29) is 0 Å². The van der Waals surface area contributed by atoms with Gasteiger partial charge in [0.2, 0.25) is 0 Å². The molecule has 2 aromatic rings. The van der Waals surface area contributed by atoms with Crippen LogP contribution in [0.1, 0.15) is 0 Å². The van der Waals surface area contributed by atoms with Crippen LogP contribution in [0, 0.1) is 0 Å². The second kappa shape index (κ2) is 7.72. The molecule has 2 aromatic carbocycles. The summed E-state index contributed by atoms with van der Waals surface area (Å²) in [7, 11) is 0.777. The molecule has 72 valence electrons. The molecule has 0 aliphatic rings. The molecule has 0 amide bonds. The normalized spacial score (nSPS) is 9.00. The molecule has 2 heteroatoms. The molecule has 15 heavy (non-hydrogen) atoms. The van der Waals surface area contributed by atoms with Crippen molar-refractivity contribution in [2.75, 3.05) is 0 Å². The zero-order valence-electron chi connectivity index (χ0n) is 9.27. The van der Waals surface area contributed by atoms with Gasteiger partial charge in [-0.3, -0.25) is 0 Å². The van der Waals surface area contributed by atoms with Crippen molar-refractivity contribution >= 4 is 36.9 Å². The van der Waals surface area contributed by atoms with Crippen LogP contribution in [0.5, 0.6) is 0 Å². The second-order valence-corrected chi connectivity index (χ2v) is 4.26. The molecule has 0 heterocycles. The third-order valence-corrected chi connectivity index (χ3v) is 3.08. The predicted octanol–water partition coefficient (Wildman–Crippen LogP) is 2.52. The fourth-order valence-corrected chi connectivity index (χ4v) is 2.26. The number of rotatable bonds is 2. The van der Waals surface area contributed by atoms with E-state index in [0.29, 0.717) is 0 Å². The number of hydrogen-bond acceptors (Lipinski definition) is 0. The number of hydrogen-bond donors (Lipinski definition) is 0. The third kappa shape index (κ3) is 4.67. The predicted molar refractivity (Wildman–Crippen MR) is 72.1 cm³/mol. The van der Waals surface area contributed by atoms with Crippen molar-refractivity contribution in [1.29, 1.82) is 0 Å². The maximum absolute atomic E-state index is 2.17. The Kier molecular flexibility index (Phi) is 6.45. The van der Waals surface area contributed by atoms with Crippen LogP contribution in [0.3, 0.4) is 0 Å². The topological polar surface area (TPSA) is 0 Å². The summed E-state index contributed by atoms with van der Waals surface area (Å²) in [6.07, 6.45) is 0. The van der Waals surface area contributed by atoms with E-state index in [0.717, 1.165) is 8.58 Å². The van der Waals surface area contributed by atoms with Crippen molar-refractivity contribution < 1.29 is 0 Å². The first-order valence-electron chi connectivity index (χ1n) is 5.32. The van der Waals surface area contributed by atoms with Crippen LogP contribution in [-0.2, 0) is 0 Å². The summed E-state index contributed by atoms with van der Waals surface area (Å²) in [5.41, 5.74) is 2.00. The summed E-state index contributed by atoms with van der Waals surface area (Å²) in [5.74, 6) is 0. The van der Waals surface area contributed by atoms with Gasteiger partial charge < -0.3 is 0 Å². The second-order valence-electron chi connectivity index (χ2n) is 2.86. The minimum absolute atomic E-state index is 0.777. The molecule has 0 aromatic heterocycles. The zero-order chi connectivity index (χ0) is 10.9. The van der Waals surface area contributed by atoms with Gasteiger partial charge in [-0.1, -0.05) is 69.2 Å². The Morgan fingerprint density at radius 1 is 0.667 bits per heavy atom. The average molecular weight is 208 g/mol. The monoisotopic (exact) mass is 208 g/mol. The summed E-state index contributed by atoms with van der Waals surface area (Å²) >= 11 is 2.00. The van der Waals surface area contributed by atoms with Crippen LogP contribution >= 0.6 is 8.58 Å². The van der Waals surface area contributed by atoms with Crippen molar-refractivity contribution in [1.82, 2.24) is 0 Å². The van der Waals surface area contributed by atoms with Crippen LogP contribution in [0.25, 0.3) is 0 Å². The number of benzene rings is 2. The summed E-state index contributed by atoms with van der Waals surface area (Å²) in [6.45, 7) is 0. The minimum atomic E-state index is 0.777. The van der Waals surface area contributed by atoms with Gasteiger partial charge >= 0.3 is 23.3 Å². The standard InChI is InChI=1S/C12H11P.CH3.Li/c1-3-7-11(8-4-1)13-12-9-5-2-6-10-12;;/h1-10,13H;1H3;. The molecule has 0 fully saturated rings. The molecular weight excluding hydrogens is 194 g/mol. The van der Waals surface area contributed by atoms with Gasteiger partial charge in [0, 0.05) is 0 Å². The molecule has 0 nitrogen and oxygen atoms in total. The summed E-state index contributed by atoms with van der Waals surface area (Å²) in [4.78, 5) is 0. The fraction of sp³-hybridized carbons (Fsp3) is 0.0769. The Morgan fingerprint density at radius 2 is 1.00 bits per heavy atom. The van der Waals surface area contributed by atoms with E-state index < -0.39 is 0 Å². The fourth-order valence-electron chi connectivity index (χ4n) is 1.21. The van der Waals surface area contributed by atoms with Gasteiger partial charge in [-0.2, -0.15) is 0 Å². The van der Waals surface area contributed by atoms with Gasteiger partial charge in [0.25, 0.3) is 0 Å². The van der Waals surface area contributed by atoms with E-state index in [4.69, 9.17) is 0 Å². The molecular formula is C13H14LiP. The van der Waals surface area contributed by atoms with E-state index in [1.165, 1.54) is 10.6 Å². The van der Waals surface area contributed by atoms with E-state index in [9.17, 15) is 0 Å². The average Bonchev–Trinajstić information content (AvgIpc) is 2.34.